The summed E-state index contributed by atoms with van der Waals surface area (Å²) in [7, 11) is 0. The number of anilines is 6. The van der Waals surface area contributed by atoms with E-state index in [9.17, 15) is 0 Å². The van der Waals surface area contributed by atoms with Crippen molar-refractivity contribution in [3.8, 4) is 11.1 Å². The number of hydrogen-bond donors (Lipinski definition) is 0. The van der Waals surface area contributed by atoms with E-state index in [0.29, 0.717) is 0 Å². The van der Waals surface area contributed by atoms with Gasteiger partial charge in [-0.05, 0) is 140 Å². The quantitative estimate of drug-likeness (QED) is 0.152. The third-order valence-electron chi connectivity index (χ3n) is 16.9. The summed E-state index contributed by atoms with van der Waals surface area (Å²) in [6.07, 6.45) is 0. The fourth-order valence-corrected chi connectivity index (χ4v) is 13.5. The molecular weight excluding hydrogens is 961 g/mol. The molecule has 0 fully saturated rings. The van der Waals surface area contributed by atoms with E-state index in [1.54, 1.807) is 0 Å². The van der Waals surface area contributed by atoms with Crippen molar-refractivity contribution in [2.75, 3.05) is 9.80 Å². The average molecular weight is 1010 g/mol. The van der Waals surface area contributed by atoms with E-state index in [1.807, 2.05) is 0 Å². The highest BCUT2D eigenvalue weighted by molar-refractivity contribution is 6.23. The van der Waals surface area contributed by atoms with E-state index in [0.717, 1.165) is 94.5 Å². The number of fused-ring (bicyclic) bond motifs is 15. The zero-order valence-corrected chi connectivity index (χ0v) is 43.6. The van der Waals surface area contributed by atoms with Gasteiger partial charge >= 0.3 is 0 Å². The molecule has 0 N–H and O–H groups in total. The van der Waals surface area contributed by atoms with Crippen LogP contribution in [0.3, 0.4) is 0 Å². The second-order valence-corrected chi connectivity index (χ2v) is 21.2. The summed E-state index contributed by atoms with van der Waals surface area (Å²) in [4.78, 5) is 4.89. The molecule has 372 valence electrons. The maximum absolute atomic E-state index is 7.12. The summed E-state index contributed by atoms with van der Waals surface area (Å²) in [5, 5.41) is 11.5. The van der Waals surface area contributed by atoms with Crippen molar-refractivity contribution < 1.29 is 8.83 Å². The first-order chi connectivity index (χ1) is 39.0. The second kappa shape index (κ2) is 17.4. The molecule has 13 aromatic carbocycles. The first-order valence-electron chi connectivity index (χ1n) is 27.2. The Hall–Kier alpha value is -10.2. The van der Waals surface area contributed by atoms with Crippen LogP contribution in [0, 0.1) is 13.8 Å². The zero-order valence-electron chi connectivity index (χ0n) is 43.6. The number of aryl methyl sites for hydroxylation is 2. The van der Waals surface area contributed by atoms with Gasteiger partial charge in [-0.3, -0.25) is 0 Å². The average Bonchev–Trinajstić information content (AvgIpc) is 3.95. The molecule has 4 heteroatoms. The van der Waals surface area contributed by atoms with Crippen LogP contribution in [0.4, 0.5) is 34.1 Å². The van der Waals surface area contributed by atoms with Gasteiger partial charge in [-0.1, -0.05) is 212 Å². The minimum absolute atomic E-state index is 0.786. The van der Waals surface area contributed by atoms with E-state index < -0.39 is 5.41 Å². The van der Waals surface area contributed by atoms with Gasteiger partial charge in [0, 0.05) is 44.0 Å². The molecule has 0 atom stereocenters. The number of benzene rings is 13. The summed E-state index contributed by atoms with van der Waals surface area (Å²) in [6.45, 7) is 4.42. The highest BCUT2D eigenvalue weighted by atomic mass is 16.3. The molecular formula is C75H50N2O2. The number of nitrogens with zero attached hydrogens (tertiary/aromatic N) is 2. The van der Waals surface area contributed by atoms with Crippen molar-refractivity contribution in [2.24, 2.45) is 0 Å². The standard InChI is InChI=1S/C75H50N2O2/c1-47-21-9-17-35-63(47)76(65-37-19-33-59-71-54-29-13-11-23-49(54)39-43-68(71)78-73(59)65)53-41-42-58-61(45-53)75(51-25-5-3-6-26-51,52-27-7-4-8-28-52)62-46-67(56-31-15-16-32-57(56)70(58)62)77(64-36-18-10-22-48(64)2)66-38-20-34-60-72-55-30-14-12-24-50(55)40-44-69(72)79-74(60)66/h3-46H,1-2H3. The molecule has 0 amide bonds. The Morgan fingerprint density at radius 3 is 1.34 bits per heavy atom. The zero-order chi connectivity index (χ0) is 52.3. The van der Waals surface area contributed by atoms with Crippen LogP contribution in [0.15, 0.2) is 276 Å². The van der Waals surface area contributed by atoms with Gasteiger partial charge in [0.25, 0.3) is 0 Å². The fourth-order valence-electron chi connectivity index (χ4n) is 13.5. The molecule has 2 aromatic heterocycles. The van der Waals surface area contributed by atoms with Gasteiger partial charge in [0.2, 0.25) is 0 Å². The number of para-hydroxylation sites is 4. The molecule has 1 aliphatic carbocycles. The number of furan rings is 2. The molecule has 2 heterocycles. The topological polar surface area (TPSA) is 32.8 Å². The lowest BCUT2D eigenvalue weighted by Gasteiger charge is -2.36. The minimum atomic E-state index is -0.786. The summed E-state index contributed by atoms with van der Waals surface area (Å²) in [5.74, 6) is 0. The SMILES string of the molecule is Cc1ccccc1N(c1ccc2c(c1)C(c1ccccc1)(c1ccccc1)c1cc(N(c3ccccc3C)c3cccc4c3oc3ccc5ccccc5c34)c3ccccc3c1-2)c1cccc2c1oc1ccc3ccccc3c12. The van der Waals surface area contributed by atoms with Crippen molar-refractivity contribution in [2.45, 2.75) is 19.3 Å². The Balaban J connectivity index is 1.00. The highest BCUT2D eigenvalue weighted by Crippen LogP contribution is 2.61. The monoisotopic (exact) mass is 1010 g/mol. The molecule has 0 saturated carbocycles. The Kier molecular flexibility index (Phi) is 9.95. The second-order valence-electron chi connectivity index (χ2n) is 21.2. The normalized spacial score (nSPS) is 12.8. The Labute approximate surface area is 457 Å². The Morgan fingerprint density at radius 2 is 0.772 bits per heavy atom. The van der Waals surface area contributed by atoms with Crippen molar-refractivity contribution in [3.05, 3.63) is 300 Å². The third-order valence-corrected chi connectivity index (χ3v) is 16.9. The van der Waals surface area contributed by atoms with Crippen LogP contribution in [0.2, 0.25) is 0 Å². The molecule has 0 radical (unpaired) electrons. The third kappa shape index (κ3) is 6.55. The summed E-state index contributed by atoms with van der Waals surface area (Å²) in [5.41, 5.74) is 18.3. The lowest BCUT2D eigenvalue weighted by atomic mass is 9.67. The van der Waals surface area contributed by atoms with Crippen LogP contribution in [-0.4, -0.2) is 0 Å². The van der Waals surface area contributed by atoms with E-state index in [4.69, 9.17) is 8.83 Å². The van der Waals surface area contributed by atoms with E-state index in [-0.39, 0.29) is 0 Å². The lowest BCUT2D eigenvalue weighted by molar-refractivity contribution is 0.669. The van der Waals surface area contributed by atoms with Crippen LogP contribution in [-0.2, 0) is 5.41 Å². The predicted octanol–water partition coefficient (Wildman–Crippen LogP) is 20.9. The van der Waals surface area contributed by atoms with Crippen molar-refractivity contribution >= 4 is 110 Å². The Morgan fingerprint density at radius 1 is 0.316 bits per heavy atom. The van der Waals surface area contributed by atoms with Crippen molar-refractivity contribution in [1.82, 2.24) is 0 Å². The molecule has 0 unspecified atom stereocenters. The van der Waals surface area contributed by atoms with E-state index >= 15 is 0 Å². The highest BCUT2D eigenvalue weighted by Gasteiger charge is 2.48. The van der Waals surface area contributed by atoms with Gasteiger partial charge < -0.3 is 18.6 Å². The van der Waals surface area contributed by atoms with Gasteiger partial charge in [-0.2, -0.15) is 0 Å². The lowest BCUT2D eigenvalue weighted by Crippen LogP contribution is -2.29. The molecule has 0 aliphatic heterocycles. The summed E-state index contributed by atoms with van der Waals surface area (Å²) in [6, 6.07) is 97.6. The molecule has 4 nitrogen and oxygen atoms in total. The van der Waals surface area contributed by atoms with E-state index in [2.05, 4.69) is 291 Å². The summed E-state index contributed by atoms with van der Waals surface area (Å²) >= 11 is 0. The smallest absolute Gasteiger partial charge is 0.159 e. The molecule has 16 rings (SSSR count). The minimum Gasteiger partial charge on any atom is -0.454 e. The van der Waals surface area contributed by atoms with Crippen LogP contribution >= 0.6 is 0 Å². The molecule has 0 bridgehead atoms. The van der Waals surface area contributed by atoms with Crippen LogP contribution in [0.1, 0.15) is 33.4 Å². The predicted molar refractivity (Wildman–Crippen MR) is 330 cm³/mol. The maximum Gasteiger partial charge on any atom is 0.159 e. The van der Waals surface area contributed by atoms with Crippen LogP contribution in [0.25, 0.3) is 87.3 Å². The van der Waals surface area contributed by atoms with Crippen molar-refractivity contribution in [1.29, 1.82) is 0 Å². The molecule has 0 saturated heterocycles. The van der Waals surface area contributed by atoms with Gasteiger partial charge in [0.05, 0.1) is 22.5 Å². The number of hydrogen-bond acceptors (Lipinski definition) is 4. The largest absolute Gasteiger partial charge is 0.454 e. The van der Waals surface area contributed by atoms with E-state index in [1.165, 1.54) is 60.3 Å². The van der Waals surface area contributed by atoms with Crippen LogP contribution in [0.5, 0.6) is 0 Å². The molecule has 79 heavy (non-hydrogen) atoms. The molecule has 1 aliphatic rings. The first kappa shape index (κ1) is 45.1. The van der Waals surface area contributed by atoms with Gasteiger partial charge in [-0.25, -0.2) is 0 Å². The van der Waals surface area contributed by atoms with Crippen LogP contribution < -0.4 is 9.80 Å². The maximum atomic E-state index is 7.12. The van der Waals surface area contributed by atoms with Gasteiger partial charge in [-0.15, -0.1) is 0 Å². The van der Waals surface area contributed by atoms with Gasteiger partial charge in [0.1, 0.15) is 11.2 Å². The number of rotatable bonds is 8. The summed E-state index contributed by atoms with van der Waals surface area (Å²) < 4.78 is 14.2. The van der Waals surface area contributed by atoms with Gasteiger partial charge in [0.15, 0.2) is 11.2 Å². The first-order valence-corrected chi connectivity index (χ1v) is 27.2. The molecule has 15 aromatic rings. The fraction of sp³-hybridized carbons (Fsp3) is 0.0400. The van der Waals surface area contributed by atoms with Crippen molar-refractivity contribution in [3.63, 3.8) is 0 Å². The molecule has 0 spiro atoms. The Bertz CT molecular complexity index is 4910.